The standard InChI is InChI=1S/C23H23F3N4O3S/c1-13-10-27-21(34-13)16-7-15(8-19(9-16)33-18-3-5-32-6-4-18)20(31)30-14(2)17-11-28-22(29-12-17)23(24,25)26/h7-12,14,18H,3-6H2,1-2H3,(H,30,31)/t14-/m0/s1. The predicted octanol–water partition coefficient (Wildman–Crippen LogP) is 4.98. The van der Waals surface area contributed by atoms with Gasteiger partial charge in [0.1, 0.15) is 16.9 Å². The van der Waals surface area contributed by atoms with Crippen LogP contribution in [0.5, 0.6) is 5.75 Å². The molecule has 1 aliphatic rings. The molecule has 1 aromatic carbocycles. The average molecular weight is 493 g/mol. The van der Waals surface area contributed by atoms with Gasteiger partial charge in [-0.15, -0.1) is 11.3 Å². The Hall–Kier alpha value is -3.05. The lowest BCUT2D eigenvalue weighted by molar-refractivity contribution is -0.145. The molecule has 1 fully saturated rings. The maximum absolute atomic E-state index is 13.1. The van der Waals surface area contributed by atoms with Crippen LogP contribution in [0.3, 0.4) is 0 Å². The van der Waals surface area contributed by atoms with Crippen LogP contribution in [0.25, 0.3) is 10.6 Å². The van der Waals surface area contributed by atoms with Crippen LogP contribution in [-0.2, 0) is 10.9 Å². The molecule has 1 N–H and O–H groups in total. The summed E-state index contributed by atoms with van der Waals surface area (Å²) < 4.78 is 49.7. The zero-order chi connectivity index (χ0) is 24.3. The molecule has 0 radical (unpaired) electrons. The topological polar surface area (TPSA) is 86.2 Å². The van der Waals surface area contributed by atoms with Crippen LogP contribution in [0, 0.1) is 6.92 Å². The molecule has 1 amide bonds. The molecule has 4 rings (SSSR count). The zero-order valence-corrected chi connectivity index (χ0v) is 19.4. The third kappa shape index (κ3) is 5.89. The second kappa shape index (κ2) is 10.1. The highest BCUT2D eigenvalue weighted by Crippen LogP contribution is 2.31. The van der Waals surface area contributed by atoms with Gasteiger partial charge in [-0.2, -0.15) is 13.2 Å². The van der Waals surface area contributed by atoms with Crippen LogP contribution < -0.4 is 10.1 Å². The smallest absolute Gasteiger partial charge is 0.451 e. The quantitative estimate of drug-likeness (QED) is 0.523. The maximum atomic E-state index is 13.1. The molecule has 0 unspecified atom stereocenters. The molecule has 3 heterocycles. The van der Waals surface area contributed by atoms with E-state index in [-0.39, 0.29) is 6.10 Å². The van der Waals surface area contributed by atoms with Crippen LogP contribution in [0.4, 0.5) is 13.2 Å². The average Bonchev–Trinajstić information content (AvgIpc) is 3.25. The Labute approximate surface area is 198 Å². The summed E-state index contributed by atoms with van der Waals surface area (Å²) in [6.45, 7) is 4.84. The number of thiazole rings is 1. The molecule has 0 aliphatic carbocycles. The minimum absolute atomic E-state index is 0.0128. The largest absolute Gasteiger partial charge is 0.490 e. The fraction of sp³-hybridized carbons (Fsp3) is 0.391. The van der Waals surface area contributed by atoms with E-state index in [9.17, 15) is 18.0 Å². The van der Waals surface area contributed by atoms with E-state index in [4.69, 9.17) is 9.47 Å². The van der Waals surface area contributed by atoms with Gasteiger partial charge in [-0.3, -0.25) is 4.79 Å². The van der Waals surface area contributed by atoms with Gasteiger partial charge in [-0.05, 0) is 32.0 Å². The number of hydrogen-bond acceptors (Lipinski definition) is 7. The lowest BCUT2D eigenvalue weighted by atomic mass is 10.1. The third-order valence-corrected chi connectivity index (χ3v) is 6.24. The van der Waals surface area contributed by atoms with Gasteiger partial charge in [0.05, 0.1) is 19.3 Å². The molecule has 1 atom stereocenters. The first-order valence-electron chi connectivity index (χ1n) is 10.7. The van der Waals surface area contributed by atoms with Crippen molar-refractivity contribution >= 4 is 17.2 Å². The number of benzene rings is 1. The fourth-order valence-electron chi connectivity index (χ4n) is 3.47. The molecule has 7 nitrogen and oxygen atoms in total. The van der Waals surface area contributed by atoms with E-state index in [1.54, 1.807) is 25.3 Å². The number of halogens is 3. The fourth-order valence-corrected chi connectivity index (χ4v) is 4.22. The van der Waals surface area contributed by atoms with E-state index < -0.39 is 23.9 Å². The minimum atomic E-state index is -4.62. The number of ether oxygens (including phenoxy) is 2. The first-order valence-corrected chi connectivity index (χ1v) is 11.5. The van der Waals surface area contributed by atoms with Gasteiger partial charge < -0.3 is 14.8 Å². The van der Waals surface area contributed by atoms with Gasteiger partial charge in [0.15, 0.2) is 0 Å². The van der Waals surface area contributed by atoms with Gasteiger partial charge in [0, 0.05) is 53.0 Å². The number of carbonyl (C=O) groups excluding carboxylic acids is 1. The Morgan fingerprint density at radius 2 is 1.85 bits per heavy atom. The van der Waals surface area contributed by atoms with Crippen LogP contribution in [0.15, 0.2) is 36.8 Å². The number of rotatable bonds is 6. The first-order chi connectivity index (χ1) is 16.2. The van der Waals surface area contributed by atoms with Crippen molar-refractivity contribution in [2.75, 3.05) is 13.2 Å². The summed E-state index contributed by atoms with van der Waals surface area (Å²) in [7, 11) is 0. The van der Waals surface area contributed by atoms with Crippen LogP contribution in [0.2, 0.25) is 0 Å². The summed E-state index contributed by atoms with van der Waals surface area (Å²) >= 11 is 1.50. The maximum Gasteiger partial charge on any atom is 0.451 e. The SMILES string of the molecule is Cc1cnc(-c2cc(OC3CCOCC3)cc(C(=O)N[C@@H](C)c3cnc(C(F)(F)F)nc3)c2)s1. The van der Waals surface area contributed by atoms with Crippen molar-refractivity contribution in [3.05, 3.63) is 58.6 Å². The Morgan fingerprint density at radius 1 is 1.15 bits per heavy atom. The van der Waals surface area contributed by atoms with Gasteiger partial charge >= 0.3 is 6.18 Å². The highest BCUT2D eigenvalue weighted by atomic mass is 32.1. The van der Waals surface area contributed by atoms with E-state index in [1.165, 1.54) is 11.3 Å². The Bertz CT molecular complexity index is 1150. The van der Waals surface area contributed by atoms with Crippen molar-refractivity contribution in [2.45, 2.75) is 45.0 Å². The van der Waals surface area contributed by atoms with Crippen LogP contribution >= 0.6 is 11.3 Å². The molecule has 1 saturated heterocycles. The minimum Gasteiger partial charge on any atom is -0.490 e. The van der Waals surface area contributed by atoms with Crippen LogP contribution in [-0.4, -0.2) is 40.2 Å². The molecule has 3 aromatic rings. The number of carbonyl (C=O) groups is 1. The molecule has 0 spiro atoms. The molecule has 2 aromatic heterocycles. The summed E-state index contributed by atoms with van der Waals surface area (Å²) in [5.41, 5.74) is 1.46. The van der Waals surface area contributed by atoms with E-state index in [1.807, 2.05) is 13.0 Å². The number of aromatic nitrogens is 3. The van der Waals surface area contributed by atoms with Crippen molar-refractivity contribution < 1.29 is 27.4 Å². The van der Waals surface area contributed by atoms with Gasteiger partial charge in [0.2, 0.25) is 5.82 Å². The highest BCUT2D eigenvalue weighted by Gasteiger charge is 2.34. The van der Waals surface area contributed by atoms with Crippen molar-refractivity contribution in [1.82, 2.24) is 20.3 Å². The van der Waals surface area contributed by atoms with Crippen molar-refractivity contribution in [1.29, 1.82) is 0 Å². The Morgan fingerprint density at radius 3 is 2.47 bits per heavy atom. The lowest BCUT2D eigenvalue weighted by Crippen LogP contribution is -2.28. The number of amides is 1. The second-order valence-corrected chi connectivity index (χ2v) is 9.22. The number of hydrogen-bond donors (Lipinski definition) is 1. The molecular weight excluding hydrogens is 469 g/mol. The third-order valence-electron chi connectivity index (χ3n) is 5.28. The normalized spacial score (nSPS) is 15.7. The molecule has 180 valence electrons. The monoisotopic (exact) mass is 492 g/mol. The lowest BCUT2D eigenvalue weighted by Gasteiger charge is -2.24. The Balaban J connectivity index is 1.56. The van der Waals surface area contributed by atoms with E-state index in [2.05, 4.69) is 20.3 Å². The van der Waals surface area contributed by atoms with Crippen molar-refractivity contribution in [2.24, 2.45) is 0 Å². The summed E-state index contributed by atoms with van der Waals surface area (Å²) in [6.07, 6.45) is 0.768. The van der Waals surface area contributed by atoms with E-state index in [0.29, 0.717) is 30.1 Å². The predicted molar refractivity (Wildman–Crippen MR) is 120 cm³/mol. The molecular formula is C23H23F3N4O3S. The highest BCUT2D eigenvalue weighted by molar-refractivity contribution is 7.14. The summed E-state index contributed by atoms with van der Waals surface area (Å²) in [5.74, 6) is -1.08. The zero-order valence-electron chi connectivity index (χ0n) is 18.6. The van der Waals surface area contributed by atoms with Crippen molar-refractivity contribution in [3.8, 4) is 16.3 Å². The number of nitrogens with one attached hydrogen (secondary N) is 1. The summed E-state index contributed by atoms with van der Waals surface area (Å²) in [5, 5.41) is 3.55. The molecule has 34 heavy (non-hydrogen) atoms. The van der Waals surface area contributed by atoms with E-state index >= 15 is 0 Å². The van der Waals surface area contributed by atoms with E-state index in [0.717, 1.165) is 40.7 Å². The summed E-state index contributed by atoms with van der Waals surface area (Å²) in [6, 6.07) is 4.63. The molecule has 0 saturated carbocycles. The number of alkyl halides is 3. The van der Waals surface area contributed by atoms with Crippen LogP contribution in [0.1, 0.15) is 52.4 Å². The van der Waals surface area contributed by atoms with Gasteiger partial charge in [-0.1, -0.05) is 0 Å². The van der Waals surface area contributed by atoms with Crippen molar-refractivity contribution in [3.63, 3.8) is 0 Å². The first kappa shape index (κ1) is 24.1. The number of aryl methyl sites for hydroxylation is 1. The number of nitrogens with zero attached hydrogens (tertiary/aromatic N) is 3. The molecule has 11 heteroatoms. The molecule has 1 aliphatic heterocycles. The molecule has 0 bridgehead atoms. The van der Waals surface area contributed by atoms with Gasteiger partial charge in [0.25, 0.3) is 5.91 Å². The summed E-state index contributed by atoms with van der Waals surface area (Å²) in [4.78, 5) is 25.2. The Kier molecular flexibility index (Phi) is 7.13. The van der Waals surface area contributed by atoms with Gasteiger partial charge in [-0.25, -0.2) is 15.0 Å². The second-order valence-electron chi connectivity index (χ2n) is 7.98.